The molecule has 1 aromatic carbocycles. The zero-order valence-electron chi connectivity index (χ0n) is 7.67. The molecule has 1 heteroatoms. The molecular formula is C10H17Si. The van der Waals surface area contributed by atoms with Crippen molar-refractivity contribution < 1.29 is 0 Å². The van der Waals surface area contributed by atoms with Gasteiger partial charge < -0.3 is 0 Å². The van der Waals surface area contributed by atoms with Crippen molar-refractivity contribution in [1.82, 2.24) is 0 Å². The van der Waals surface area contributed by atoms with Gasteiger partial charge in [0.1, 0.15) is 0 Å². The van der Waals surface area contributed by atoms with Crippen LogP contribution in [0.5, 0.6) is 0 Å². The zero-order valence-corrected chi connectivity index (χ0v) is 8.67. The van der Waals surface area contributed by atoms with Gasteiger partial charge in [-0.1, -0.05) is 62.5 Å². The minimum atomic E-state index is 0.126. The minimum absolute atomic E-state index is 0.126. The zero-order chi connectivity index (χ0) is 8.53. The van der Waals surface area contributed by atoms with Crippen molar-refractivity contribution in [3.63, 3.8) is 0 Å². The van der Waals surface area contributed by atoms with Gasteiger partial charge in [0.15, 0.2) is 0 Å². The second kappa shape index (κ2) is 7.54. The second-order valence-corrected chi connectivity index (χ2v) is 5.84. The van der Waals surface area contributed by atoms with Gasteiger partial charge in [-0.05, 0) is 0 Å². The van der Waals surface area contributed by atoms with Crippen molar-refractivity contribution in [3.8, 4) is 0 Å². The highest BCUT2D eigenvalue weighted by molar-refractivity contribution is 6.55. The summed E-state index contributed by atoms with van der Waals surface area (Å²) in [5.41, 5.74) is 0. The van der Waals surface area contributed by atoms with E-state index in [-0.39, 0.29) is 8.80 Å². The standard InChI is InChI=1S/C6H6.C4H11Si/c1-2-4-6-5-3-1;1-4-5(2)3/h1-6H;4H2,1-3H3. The van der Waals surface area contributed by atoms with Gasteiger partial charge in [0.25, 0.3) is 0 Å². The summed E-state index contributed by atoms with van der Waals surface area (Å²) in [6.07, 6.45) is 0. The van der Waals surface area contributed by atoms with Gasteiger partial charge in [-0.2, -0.15) is 0 Å². The third-order valence-corrected chi connectivity index (χ3v) is 2.79. The van der Waals surface area contributed by atoms with Gasteiger partial charge in [-0.3, -0.25) is 0 Å². The fourth-order valence-corrected chi connectivity index (χ4v) is 0.385. The first kappa shape index (κ1) is 10.4. The Balaban J connectivity index is 0.000000187. The highest BCUT2D eigenvalue weighted by Crippen LogP contribution is 1.83. The SMILES string of the molecule is CC[Si](C)C.c1ccccc1. The van der Waals surface area contributed by atoms with Gasteiger partial charge in [0, 0.05) is 8.80 Å². The van der Waals surface area contributed by atoms with Crippen molar-refractivity contribution in [2.45, 2.75) is 26.1 Å². The van der Waals surface area contributed by atoms with Crippen LogP contribution < -0.4 is 0 Å². The molecule has 0 N–H and O–H groups in total. The molecule has 1 radical (unpaired) electrons. The molecule has 0 unspecified atom stereocenters. The number of rotatable bonds is 1. The quantitative estimate of drug-likeness (QED) is 0.559. The van der Waals surface area contributed by atoms with E-state index in [1.165, 1.54) is 6.04 Å². The van der Waals surface area contributed by atoms with Gasteiger partial charge in [-0.15, -0.1) is 0 Å². The molecule has 1 rings (SSSR count). The van der Waals surface area contributed by atoms with E-state index in [9.17, 15) is 0 Å². The molecule has 0 atom stereocenters. The largest absolute Gasteiger partial charge is 0.0713 e. The summed E-state index contributed by atoms with van der Waals surface area (Å²) < 4.78 is 0. The maximum atomic E-state index is 2.32. The molecule has 0 nitrogen and oxygen atoms in total. The third kappa shape index (κ3) is 9.44. The lowest BCUT2D eigenvalue weighted by molar-refractivity contribution is 1.41. The number of hydrogen-bond donors (Lipinski definition) is 0. The lowest BCUT2D eigenvalue weighted by atomic mass is 10.4. The predicted octanol–water partition coefficient (Wildman–Crippen LogP) is 3.45. The average molecular weight is 165 g/mol. The summed E-state index contributed by atoms with van der Waals surface area (Å²) in [6.45, 7) is 6.89. The first-order valence-electron chi connectivity index (χ1n) is 4.06. The Kier molecular flexibility index (Phi) is 7.16. The molecule has 0 heterocycles. The van der Waals surface area contributed by atoms with Crippen molar-refractivity contribution in [1.29, 1.82) is 0 Å². The molecule has 0 saturated carbocycles. The molecule has 0 amide bonds. The first-order chi connectivity index (χ1) is 5.27. The average Bonchev–Trinajstić information content (AvgIpc) is 2.09. The third-order valence-electron chi connectivity index (χ3n) is 1.37. The van der Waals surface area contributed by atoms with Crippen LogP contribution in [0.2, 0.25) is 19.1 Å². The molecule has 0 saturated heterocycles. The minimum Gasteiger partial charge on any atom is -0.0713 e. The van der Waals surface area contributed by atoms with Crippen LogP contribution in [0.15, 0.2) is 36.4 Å². The predicted molar refractivity (Wildman–Crippen MR) is 54.4 cm³/mol. The Morgan fingerprint density at radius 1 is 0.818 bits per heavy atom. The maximum Gasteiger partial charge on any atom is 0.0410 e. The van der Waals surface area contributed by atoms with Crippen molar-refractivity contribution in [2.75, 3.05) is 0 Å². The van der Waals surface area contributed by atoms with E-state index in [1.54, 1.807) is 0 Å². The van der Waals surface area contributed by atoms with Crippen LogP contribution >= 0.6 is 0 Å². The Hall–Kier alpha value is -0.563. The molecule has 0 bridgehead atoms. The number of benzene rings is 1. The molecule has 1 aromatic rings. The van der Waals surface area contributed by atoms with E-state index in [4.69, 9.17) is 0 Å². The van der Waals surface area contributed by atoms with Crippen LogP contribution in [0.3, 0.4) is 0 Å². The maximum absolute atomic E-state index is 2.32. The first-order valence-corrected chi connectivity index (χ1v) is 6.77. The fourth-order valence-electron chi connectivity index (χ4n) is 0.385. The van der Waals surface area contributed by atoms with Gasteiger partial charge in [-0.25, -0.2) is 0 Å². The molecule has 0 aliphatic heterocycles. The molecule has 0 spiro atoms. The van der Waals surface area contributed by atoms with Crippen LogP contribution in [0.1, 0.15) is 6.92 Å². The van der Waals surface area contributed by atoms with Crippen LogP contribution in [-0.2, 0) is 0 Å². The van der Waals surface area contributed by atoms with Crippen molar-refractivity contribution >= 4 is 8.80 Å². The van der Waals surface area contributed by atoms with Gasteiger partial charge >= 0.3 is 0 Å². The van der Waals surface area contributed by atoms with E-state index in [1.807, 2.05) is 36.4 Å². The van der Waals surface area contributed by atoms with Crippen molar-refractivity contribution in [2.24, 2.45) is 0 Å². The van der Waals surface area contributed by atoms with Crippen LogP contribution in [-0.4, -0.2) is 8.80 Å². The molecule has 0 fully saturated rings. The van der Waals surface area contributed by atoms with Crippen molar-refractivity contribution in [3.05, 3.63) is 36.4 Å². The van der Waals surface area contributed by atoms with E-state index in [0.717, 1.165) is 0 Å². The summed E-state index contributed by atoms with van der Waals surface area (Å²) in [6, 6.07) is 13.4. The molecule has 0 aliphatic carbocycles. The van der Waals surface area contributed by atoms with Crippen LogP contribution in [0.25, 0.3) is 0 Å². The molecule has 0 aromatic heterocycles. The topological polar surface area (TPSA) is 0 Å². The van der Waals surface area contributed by atoms with E-state index >= 15 is 0 Å². The monoisotopic (exact) mass is 165 g/mol. The Bertz CT molecular complexity index is 120. The highest BCUT2D eigenvalue weighted by Gasteiger charge is 1.83. The van der Waals surface area contributed by atoms with Gasteiger partial charge in [0.2, 0.25) is 0 Å². The molecule has 61 valence electrons. The summed E-state index contributed by atoms with van der Waals surface area (Å²) in [5.74, 6) is 0. The van der Waals surface area contributed by atoms with Gasteiger partial charge in [0.05, 0.1) is 0 Å². The lowest BCUT2D eigenvalue weighted by Gasteiger charge is -1.87. The Morgan fingerprint density at radius 3 is 1.09 bits per heavy atom. The van der Waals surface area contributed by atoms with E-state index in [0.29, 0.717) is 0 Å². The number of hydrogen-bond acceptors (Lipinski definition) is 0. The molecular weight excluding hydrogens is 148 g/mol. The summed E-state index contributed by atoms with van der Waals surface area (Å²) >= 11 is 0. The normalized spacial score (nSPS) is 8.73. The van der Waals surface area contributed by atoms with Crippen LogP contribution in [0, 0.1) is 0 Å². The smallest absolute Gasteiger partial charge is 0.0410 e. The summed E-state index contributed by atoms with van der Waals surface area (Å²) in [7, 11) is 0.126. The summed E-state index contributed by atoms with van der Waals surface area (Å²) in [4.78, 5) is 0. The lowest BCUT2D eigenvalue weighted by Crippen LogP contribution is -1.92. The van der Waals surface area contributed by atoms with E-state index < -0.39 is 0 Å². The summed E-state index contributed by atoms with van der Waals surface area (Å²) in [5, 5.41) is 0. The van der Waals surface area contributed by atoms with E-state index in [2.05, 4.69) is 20.0 Å². The molecule has 0 aliphatic rings. The van der Waals surface area contributed by atoms with Crippen LogP contribution in [0.4, 0.5) is 0 Å². The second-order valence-electron chi connectivity index (χ2n) is 2.72. The molecule has 11 heavy (non-hydrogen) atoms. The highest BCUT2D eigenvalue weighted by atomic mass is 28.3. The fraction of sp³-hybridized carbons (Fsp3) is 0.400. The Morgan fingerprint density at radius 2 is 1.00 bits per heavy atom. The Labute approximate surface area is 71.9 Å².